The van der Waals surface area contributed by atoms with Crippen molar-refractivity contribution in [2.45, 2.75) is 40.2 Å². The second kappa shape index (κ2) is 14.6. The van der Waals surface area contributed by atoms with Crippen LogP contribution >= 0.6 is 0 Å². The molecule has 37 heavy (non-hydrogen) atoms. The molecule has 0 aliphatic carbocycles. The van der Waals surface area contributed by atoms with Crippen LogP contribution in [0.5, 0.6) is 17.2 Å². The van der Waals surface area contributed by atoms with Gasteiger partial charge in [0.05, 0.1) is 18.9 Å². The Kier molecular flexibility index (Phi) is 11.6. The molecule has 0 radical (unpaired) electrons. The van der Waals surface area contributed by atoms with Gasteiger partial charge in [0.1, 0.15) is 18.4 Å². The molecule has 2 rings (SSSR count). The largest absolute Gasteiger partial charge is 0.513 e. The molecule has 1 N–H and O–H groups in total. The van der Waals surface area contributed by atoms with Crippen LogP contribution in [0.25, 0.3) is 0 Å². The molecule has 0 aliphatic heterocycles. The molecule has 0 saturated heterocycles. The average Bonchev–Trinajstić information content (AvgIpc) is 2.87. The summed E-state index contributed by atoms with van der Waals surface area (Å²) in [6.45, 7) is 6.83. The fourth-order valence-corrected chi connectivity index (χ4v) is 2.89. The first-order valence-electron chi connectivity index (χ1n) is 11.9. The van der Waals surface area contributed by atoms with Gasteiger partial charge in [-0.1, -0.05) is 52.0 Å². The Morgan fingerprint density at radius 2 is 1.41 bits per heavy atom. The lowest BCUT2D eigenvalue weighted by atomic mass is 10.0. The molecular weight excluding hydrogens is 482 g/mol. The number of methoxy groups -OCH3 is 1. The van der Waals surface area contributed by atoms with Crippen LogP contribution in [0.4, 0.5) is 4.79 Å². The van der Waals surface area contributed by atoms with Crippen LogP contribution in [-0.2, 0) is 30.3 Å². The number of benzene rings is 2. The van der Waals surface area contributed by atoms with Gasteiger partial charge in [-0.15, -0.1) is 0 Å². The standard InChI is InChI=1S/C27H33NO9/c1-17(2)24(29)36-22-12-11-19(16-23(22)37-25(30)18(3)4)15-21(26(31)33-5)28-13-14-34-27(32)35-20-9-7-6-8-10-20/h6-12,16-18,21,28H,13-15H2,1-5H3/t21-/m0/s1. The summed E-state index contributed by atoms with van der Waals surface area (Å²) in [4.78, 5) is 48.5. The number of carbonyl (C=O) groups excluding carboxylic acids is 4. The van der Waals surface area contributed by atoms with Crippen molar-refractivity contribution in [3.63, 3.8) is 0 Å². The normalized spacial score (nSPS) is 11.5. The SMILES string of the molecule is COC(=O)[C@H](Cc1ccc(OC(=O)C(C)C)c(OC(=O)C(C)C)c1)NCCOC(=O)Oc1ccccc1. The van der Waals surface area contributed by atoms with Crippen molar-refractivity contribution >= 4 is 24.1 Å². The third-order valence-electron chi connectivity index (χ3n) is 4.95. The van der Waals surface area contributed by atoms with E-state index in [0.717, 1.165) is 0 Å². The number of hydrogen-bond donors (Lipinski definition) is 1. The molecule has 10 heteroatoms. The summed E-state index contributed by atoms with van der Waals surface area (Å²) < 4.78 is 25.8. The molecule has 0 spiro atoms. The van der Waals surface area contributed by atoms with Gasteiger partial charge in [0.25, 0.3) is 0 Å². The van der Waals surface area contributed by atoms with Crippen molar-refractivity contribution < 1.29 is 42.9 Å². The Morgan fingerprint density at radius 1 is 0.784 bits per heavy atom. The predicted molar refractivity (Wildman–Crippen MR) is 133 cm³/mol. The van der Waals surface area contributed by atoms with Gasteiger partial charge in [0, 0.05) is 6.54 Å². The van der Waals surface area contributed by atoms with Crippen LogP contribution in [0.3, 0.4) is 0 Å². The van der Waals surface area contributed by atoms with Gasteiger partial charge in [-0.05, 0) is 36.2 Å². The van der Waals surface area contributed by atoms with Gasteiger partial charge in [-0.25, -0.2) is 4.79 Å². The van der Waals surface area contributed by atoms with Crippen molar-refractivity contribution in [3.05, 3.63) is 54.1 Å². The fourth-order valence-electron chi connectivity index (χ4n) is 2.89. The summed E-state index contributed by atoms with van der Waals surface area (Å²) in [7, 11) is 1.26. The monoisotopic (exact) mass is 515 g/mol. The van der Waals surface area contributed by atoms with Crippen molar-refractivity contribution in [1.29, 1.82) is 0 Å². The highest BCUT2D eigenvalue weighted by Crippen LogP contribution is 2.30. The highest BCUT2D eigenvalue weighted by atomic mass is 16.7. The highest BCUT2D eigenvalue weighted by molar-refractivity contribution is 5.78. The van der Waals surface area contributed by atoms with Crippen LogP contribution in [0.1, 0.15) is 33.3 Å². The Balaban J connectivity index is 2.05. The lowest BCUT2D eigenvalue weighted by molar-refractivity contribution is -0.143. The second-order valence-electron chi connectivity index (χ2n) is 8.68. The van der Waals surface area contributed by atoms with E-state index in [1.807, 2.05) is 0 Å². The Bertz CT molecular complexity index is 1070. The Morgan fingerprint density at radius 3 is 2.00 bits per heavy atom. The number of esters is 3. The minimum atomic E-state index is -0.870. The van der Waals surface area contributed by atoms with Gasteiger partial charge >= 0.3 is 24.1 Å². The Labute approximate surface area is 216 Å². The number of ether oxygens (including phenoxy) is 5. The predicted octanol–water partition coefficient (Wildman–Crippen LogP) is 3.70. The zero-order valence-corrected chi connectivity index (χ0v) is 21.6. The van der Waals surface area contributed by atoms with E-state index >= 15 is 0 Å². The van der Waals surface area contributed by atoms with Crippen LogP contribution < -0.4 is 19.5 Å². The van der Waals surface area contributed by atoms with Crippen LogP contribution in [0, 0.1) is 11.8 Å². The van der Waals surface area contributed by atoms with E-state index in [-0.39, 0.29) is 37.0 Å². The highest BCUT2D eigenvalue weighted by Gasteiger charge is 2.22. The van der Waals surface area contributed by atoms with Crippen LogP contribution in [0.2, 0.25) is 0 Å². The minimum Gasteiger partial charge on any atom is -0.468 e. The average molecular weight is 516 g/mol. The van der Waals surface area contributed by atoms with Gasteiger partial charge < -0.3 is 29.0 Å². The zero-order chi connectivity index (χ0) is 27.4. The second-order valence-corrected chi connectivity index (χ2v) is 8.68. The molecule has 1 atom stereocenters. The van der Waals surface area contributed by atoms with E-state index in [4.69, 9.17) is 23.7 Å². The fraction of sp³-hybridized carbons (Fsp3) is 0.407. The zero-order valence-electron chi connectivity index (χ0n) is 21.6. The number of carbonyl (C=O) groups is 4. The van der Waals surface area contributed by atoms with Crippen LogP contribution in [-0.4, -0.2) is 50.4 Å². The molecule has 0 heterocycles. The van der Waals surface area contributed by atoms with E-state index < -0.39 is 36.0 Å². The molecule has 200 valence electrons. The van der Waals surface area contributed by atoms with E-state index in [1.165, 1.54) is 19.2 Å². The summed E-state index contributed by atoms with van der Waals surface area (Å²) >= 11 is 0. The first-order valence-corrected chi connectivity index (χ1v) is 11.9. The molecule has 10 nitrogen and oxygen atoms in total. The molecule has 0 bridgehead atoms. The maximum Gasteiger partial charge on any atom is 0.513 e. The lowest BCUT2D eigenvalue weighted by Gasteiger charge is -2.18. The maximum atomic E-state index is 12.4. The van der Waals surface area contributed by atoms with E-state index in [2.05, 4.69) is 5.32 Å². The number of rotatable bonds is 12. The lowest BCUT2D eigenvalue weighted by Crippen LogP contribution is -2.41. The van der Waals surface area contributed by atoms with Crippen molar-refractivity contribution in [1.82, 2.24) is 5.32 Å². The van der Waals surface area contributed by atoms with Crippen molar-refractivity contribution in [3.8, 4) is 17.2 Å². The number of para-hydroxylation sites is 1. The summed E-state index contributed by atoms with van der Waals surface area (Å²) in [5, 5.41) is 2.98. The maximum absolute atomic E-state index is 12.4. The minimum absolute atomic E-state index is 0.0551. The van der Waals surface area contributed by atoms with Gasteiger partial charge in [-0.3, -0.25) is 14.4 Å². The smallest absolute Gasteiger partial charge is 0.468 e. The number of nitrogens with one attached hydrogen (secondary N) is 1. The topological polar surface area (TPSA) is 126 Å². The third kappa shape index (κ3) is 9.92. The molecule has 0 unspecified atom stereocenters. The summed E-state index contributed by atoms with van der Waals surface area (Å²) in [5.74, 6) is -1.78. The van der Waals surface area contributed by atoms with Crippen molar-refractivity contribution in [2.24, 2.45) is 11.8 Å². The number of hydrogen-bond acceptors (Lipinski definition) is 10. The van der Waals surface area contributed by atoms with Gasteiger partial charge in [0.2, 0.25) is 0 Å². The molecule has 2 aromatic carbocycles. The summed E-state index contributed by atoms with van der Waals surface area (Å²) in [6, 6.07) is 12.4. The van der Waals surface area contributed by atoms with Crippen molar-refractivity contribution in [2.75, 3.05) is 20.3 Å². The van der Waals surface area contributed by atoms with Crippen LogP contribution in [0.15, 0.2) is 48.5 Å². The quantitative estimate of drug-likeness (QED) is 0.193. The van der Waals surface area contributed by atoms with E-state index in [0.29, 0.717) is 11.3 Å². The summed E-state index contributed by atoms with van der Waals surface area (Å²) in [5.41, 5.74) is 0.614. The van der Waals surface area contributed by atoms with Gasteiger partial charge in [0.15, 0.2) is 11.5 Å². The molecular formula is C27H33NO9. The Hall–Kier alpha value is -3.92. The van der Waals surface area contributed by atoms with E-state index in [1.54, 1.807) is 64.1 Å². The first-order chi connectivity index (χ1) is 17.6. The molecule has 0 fully saturated rings. The molecule has 0 aliphatic rings. The van der Waals surface area contributed by atoms with E-state index in [9.17, 15) is 19.2 Å². The molecule has 0 aromatic heterocycles. The molecule has 2 aromatic rings. The molecule has 0 amide bonds. The summed E-state index contributed by atoms with van der Waals surface area (Å²) in [6.07, 6.45) is -0.711. The van der Waals surface area contributed by atoms with Gasteiger partial charge in [-0.2, -0.15) is 0 Å². The molecule has 0 saturated carbocycles. The first kappa shape index (κ1) is 29.3. The third-order valence-corrected chi connectivity index (χ3v) is 4.95.